The van der Waals surface area contributed by atoms with E-state index < -0.39 is 15.8 Å². The number of ether oxygens (including phenoxy) is 2. The highest BCUT2D eigenvalue weighted by Gasteiger charge is 2.31. The standard InChI is InChI=1S/C23H27FN2O5S/c1-25(18-5-3-2-4-6-18)23(27)16-26(19-9-7-17(24)8-10-19)32(28,29)20-11-12-21-22(15-20)31-14-13-30-21/h7-12,15,18H,2-6,13-14,16H2,1H3. The van der Waals surface area contributed by atoms with E-state index in [0.717, 1.165) is 36.4 Å². The average Bonchev–Trinajstić information content (AvgIpc) is 2.82. The van der Waals surface area contributed by atoms with Crippen molar-refractivity contribution in [1.82, 2.24) is 4.90 Å². The summed E-state index contributed by atoms with van der Waals surface area (Å²) in [5, 5.41) is 0. The number of anilines is 1. The normalized spacial score (nSPS) is 16.4. The number of sulfonamides is 1. The molecule has 0 saturated heterocycles. The van der Waals surface area contributed by atoms with Gasteiger partial charge in [-0.15, -0.1) is 0 Å². The fourth-order valence-electron chi connectivity index (χ4n) is 4.14. The maximum Gasteiger partial charge on any atom is 0.264 e. The van der Waals surface area contributed by atoms with Gasteiger partial charge in [0, 0.05) is 19.2 Å². The van der Waals surface area contributed by atoms with Crippen LogP contribution in [0.3, 0.4) is 0 Å². The maximum atomic E-state index is 13.6. The number of likely N-dealkylation sites (N-methyl/N-ethyl adjacent to an activating group) is 1. The van der Waals surface area contributed by atoms with Gasteiger partial charge in [0.2, 0.25) is 5.91 Å². The number of hydrogen-bond donors (Lipinski definition) is 0. The number of fused-ring (bicyclic) bond motifs is 1. The monoisotopic (exact) mass is 462 g/mol. The number of benzene rings is 2. The molecule has 1 heterocycles. The van der Waals surface area contributed by atoms with Gasteiger partial charge in [0.15, 0.2) is 11.5 Å². The lowest BCUT2D eigenvalue weighted by Gasteiger charge is -2.33. The van der Waals surface area contributed by atoms with Gasteiger partial charge in [0.1, 0.15) is 25.6 Å². The Morgan fingerprint density at radius 1 is 1.00 bits per heavy atom. The summed E-state index contributed by atoms with van der Waals surface area (Å²) < 4.78 is 52.8. The molecule has 2 aliphatic rings. The van der Waals surface area contributed by atoms with E-state index in [0.29, 0.717) is 24.7 Å². The van der Waals surface area contributed by atoms with Crippen LogP contribution in [-0.2, 0) is 14.8 Å². The Kier molecular flexibility index (Phi) is 6.55. The van der Waals surface area contributed by atoms with Crippen molar-refractivity contribution >= 4 is 21.6 Å². The smallest absolute Gasteiger partial charge is 0.264 e. The van der Waals surface area contributed by atoms with Crippen LogP contribution in [0.1, 0.15) is 32.1 Å². The van der Waals surface area contributed by atoms with Gasteiger partial charge in [-0.25, -0.2) is 12.8 Å². The zero-order chi connectivity index (χ0) is 22.7. The van der Waals surface area contributed by atoms with Gasteiger partial charge in [-0.1, -0.05) is 19.3 Å². The first-order chi connectivity index (χ1) is 15.4. The van der Waals surface area contributed by atoms with E-state index >= 15 is 0 Å². The summed E-state index contributed by atoms with van der Waals surface area (Å²) in [7, 11) is -2.41. The van der Waals surface area contributed by atoms with Crippen molar-refractivity contribution in [3.8, 4) is 11.5 Å². The molecule has 9 heteroatoms. The van der Waals surface area contributed by atoms with Crippen molar-refractivity contribution in [2.45, 2.75) is 43.0 Å². The fraction of sp³-hybridized carbons (Fsp3) is 0.435. The molecular weight excluding hydrogens is 435 g/mol. The Labute approximate surface area is 187 Å². The molecule has 172 valence electrons. The highest BCUT2D eigenvalue weighted by atomic mass is 32.2. The van der Waals surface area contributed by atoms with E-state index in [1.165, 1.54) is 36.4 Å². The molecule has 1 fully saturated rings. The number of nitrogens with zero attached hydrogens (tertiary/aromatic N) is 2. The maximum absolute atomic E-state index is 13.6. The van der Waals surface area contributed by atoms with Gasteiger partial charge in [-0.2, -0.15) is 0 Å². The van der Waals surface area contributed by atoms with Crippen LogP contribution in [0.4, 0.5) is 10.1 Å². The molecule has 0 N–H and O–H groups in total. The Bertz CT molecular complexity index is 1070. The molecule has 0 aromatic heterocycles. The van der Waals surface area contributed by atoms with Gasteiger partial charge in [-0.05, 0) is 49.2 Å². The Hall–Kier alpha value is -2.81. The van der Waals surface area contributed by atoms with Crippen molar-refractivity contribution in [3.05, 3.63) is 48.3 Å². The molecule has 1 saturated carbocycles. The highest BCUT2D eigenvalue weighted by molar-refractivity contribution is 7.92. The minimum absolute atomic E-state index is 0.0285. The molecule has 32 heavy (non-hydrogen) atoms. The summed E-state index contributed by atoms with van der Waals surface area (Å²) in [6.07, 6.45) is 5.08. The Morgan fingerprint density at radius 3 is 2.34 bits per heavy atom. The number of amides is 1. The van der Waals surface area contributed by atoms with Crippen molar-refractivity contribution < 1.29 is 27.1 Å². The van der Waals surface area contributed by atoms with Crippen LogP contribution in [0.25, 0.3) is 0 Å². The minimum atomic E-state index is -4.13. The SMILES string of the molecule is CN(C(=O)CN(c1ccc(F)cc1)S(=O)(=O)c1ccc2c(c1)OCCO2)C1CCCCC1. The third-order valence-corrected chi connectivity index (χ3v) is 7.78. The zero-order valence-corrected chi connectivity index (χ0v) is 18.8. The van der Waals surface area contributed by atoms with Crippen molar-refractivity contribution in [3.63, 3.8) is 0 Å². The van der Waals surface area contributed by atoms with E-state index in [1.807, 2.05) is 0 Å². The molecule has 1 aliphatic carbocycles. The number of halogens is 1. The summed E-state index contributed by atoms with van der Waals surface area (Å²) >= 11 is 0. The summed E-state index contributed by atoms with van der Waals surface area (Å²) in [5.74, 6) is 0.0112. The van der Waals surface area contributed by atoms with E-state index in [4.69, 9.17) is 9.47 Å². The molecule has 0 atom stereocenters. The number of hydrogen-bond acceptors (Lipinski definition) is 5. The predicted molar refractivity (Wildman–Crippen MR) is 118 cm³/mol. The van der Waals surface area contributed by atoms with E-state index in [-0.39, 0.29) is 29.1 Å². The van der Waals surface area contributed by atoms with E-state index in [9.17, 15) is 17.6 Å². The van der Waals surface area contributed by atoms with Gasteiger partial charge in [0.25, 0.3) is 10.0 Å². The fourth-order valence-corrected chi connectivity index (χ4v) is 5.57. The van der Waals surface area contributed by atoms with Crippen molar-refractivity contribution in [2.75, 3.05) is 31.1 Å². The topological polar surface area (TPSA) is 76.2 Å². The lowest BCUT2D eigenvalue weighted by atomic mass is 9.94. The summed E-state index contributed by atoms with van der Waals surface area (Å²) in [5.41, 5.74) is 0.215. The molecule has 4 rings (SSSR count). The number of carbonyl (C=O) groups is 1. The molecular formula is C23H27FN2O5S. The lowest BCUT2D eigenvalue weighted by molar-refractivity contribution is -0.130. The Morgan fingerprint density at radius 2 is 1.66 bits per heavy atom. The second-order valence-electron chi connectivity index (χ2n) is 8.09. The third-order valence-electron chi connectivity index (χ3n) is 6.01. The second kappa shape index (κ2) is 9.36. The molecule has 0 bridgehead atoms. The Balaban J connectivity index is 1.65. The van der Waals surface area contributed by atoms with Gasteiger partial charge in [0.05, 0.1) is 10.6 Å². The minimum Gasteiger partial charge on any atom is -0.486 e. The van der Waals surface area contributed by atoms with Crippen LogP contribution in [0.5, 0.6) is 11.5 Å². The van der Waals surface area contributed by atoms with Crippen LogP contribution < -0.4 is 13.8 Å². The zero-order valence-electron chi connectivity index (χ0n) is 18.0. The van der Waals surface area contributed by atoms with Crippen molar-refractivity contribution in [2.24, 2.45) is 0 Å². The second-order valence-corrected chi connectivity index (χ2v) is 9.95. The van der Waals surface area contributed by atoms with Crippen LogP contribution in [0, 0.1) is 5.82 Å². The van der Waals surface area contributed by atoms with Crippen LogP contribution in [0.2, 0.25) is 0 Å². The molecule has 0 unspecified atom stereocenters. The van der Waals surface area contributed by atoms with Crippen LogP contribution in [-0.4, -0.2) is 52.1 Å². The average molecular weight is 463 g/mol. The quantitative estimate of drug-likeness (QED) is 0.656. The number of carbonyl (C=O) groups excluding carboxylic acids is 1. The molecule has 1 amide bonds. The first-order valence-electron chi connectivity index (χ1n) is 10.8. The first-order valence-corrected chi connectivity index (χ1v) is 12.2. The van der Waals surface area contributed by atoms with E-state index in [1.54, 1.807) is 18.0 Å². The summed E-state index contributed by atoms with van der Waals surface area (Å²) in [6.45, 7) is 0.334. The molecule has 0 radical (unpaired) electrons. The molecule has 0 spiro atoms. The molecule has 1 aliphatic heterocycles. The predicted octanol–water partition coefficient (Wildman–Crippen LogP) is 3.58. The largest absolute Gasteiger partial charge is 0.486 e. The first kappa shape index (κ1) is 22.4. The molecule has 2 aromatic carbocycles. The third kappa shape index (κ3) is 4.67. The molecule has 7 nitrogen and oxygen atoms in total. The van der Waals surface area contributed by atoms with Gasteiger partial charge in [-0.3, -0.25) is 9.10 Å². The highest BCUT2D eigenvalue weighted by Crippen LogP contribution is 2.34. The van der Waals surface area contributed by atoms with Crippen LogP contribution >= 0.6 is 0 Å². The summed E-state index contributed by atoms with van der Waals surface area (Å²) in [6, 6.07) is 9.54. The van der Waals surface area contributed by atoms with Gasteiger partial charge >= 0.3 is 0 Å². The summed E-state index contributed by atoms with van der Waals surface area (Å²) in [4.78, 5) is 14.7. The lowest BCUT2D eigenvalue weighted by Crippen LogP contribution is -2.46. The van der Waals surface area contributed by atoms with Gasteiger partial charge < -0.3 is 14.4 Å². The van der Waals surface area contributed by atoms with Crippen LogP contribution in [0.15, 0.2) is 47.4 Å². The number of rotatable bonds is 6. The molecule has 2 aromatic rings. The van der Waals surface area contributed by atoms with Crippen molar-refractivity contribution in [1.29, 1.82) is 0 Å². The van der Waals surface area contributed by atoms with E-state index in [2.05, 4.69) is 0 Å².